The number of hydrogen-bond acceptors (Lipinski definition) is 4. The minimum absolute atomic E-state index is 0.0102. The Balaban J connectivity index is 2.26. The molecule has 1 aliphatic rings. The molecule has 1 fully saturated rings. The van der Waals surface area contributed by atoms with E-state index in [-0.39, 0.29) is 18.4 Å². The van der Waals surface area contributed by atoms with Crippen molar-refractivity contribution in [3.8, 4) is 0 Å². The average Bonchev–Trinajstić information content (AvgIpc) is 2.43. The van der Waals surface area contributed by atoms with Gasteiger partial charge in [-0.1, -0.05) is 6.92 Å². The van der Waals surface area contributed by atoms with Gasteiger partial charge in [-0.3, -0.25) is 9.59 Å². The molecule has 0 bridgehead atoms. The third-order valence-electron chi connectivity index (χ3n) is 3.70. The second-order valence-electron chi connectivity index (χ2n) is 5.17. The molecule has 1 unspecified atom stereocenters. The number of carbonyl (C=O) groups excluding carboxylic acids is 1. The highest BCUT2D eigenvalue weighted by Gasteiger charge is 2.18. The maximum Gasteiger partial charge on any atom is 0.304 e. The molecule has 0 aromatic rings. The van der Waals surface area contributed by atoms with Crippen LogP contribution < -0.4 is 0 Å². The van der Waals surface area contributed by atoms with E-state index in [2.05, 4.69) is 4.90 Å². The number of rotatable bonds is 8. The van der Waals surface area contributed by atoms with Crippen molar-refractivity contribution in [1.82, 2.24) is 9.80 Å². The summed E-state index contributed by atoms with van der Waals surface area (Å²) in [6.45, 7) is 8.13. The monoisotopic (exact) mass is 286 g/mol. The van der Waals surface area contributed by atoms with Crippen molar-refractivity contribution in [2.24, 2.45) is 0 Å². The van der Waals surface area contributed by atoms with Crippen molar-refractivity contribution in [2.75, 3.05) is 39.4 Å². The van der Waals surface area contributed by atoms with Gasteiger partial charge in [0.15, 0.2) is 0 Å². The summed E-state index contributed by atoms with van der Waals surface area (Å²) in [5, 5.41) is 8.81. The number of carboxylic acid groups (broad SMARTS) is 1. The molecule has 1 heterocycles. The van der Waals surface area contributed by atoms with Crippen LogP contribution in [-0.4, -0.2) is 72.2 Å². The van der Waals surface area contributed by atoms with Crippen LogP contribution in [0.3, 0.4) is 0 Å². The molecular weight excluding hydrogens is 260 g/mol. The van der Waals surface area contributed by atoms with Gasteiger partial charge in [-0.15, -0.1) is 0 Å². The second-order valence-corrected chi connectivity index (χ2v) is 5.17. The molecule has 20 heavy (non-hydrogen) atoms. The minimum atomic E-state index is -0.777. The van der Waals surface area contributed by atoms with Crippen molar-refractivity contribution in [2.45, 2.75) is 39.2 Å². The van der Waals surface area contributed by atoms with Crippen LogP contribution in [0.5, 0.6) is 0 Å². The summed E-state index contributed by atoms with van der Waals surface area (Å²) in [5.41, 5.74) is 0. The fourth-order valence-electron chi connectivity index (χ4n) is 2.48. The fraction of sp³-hybridized carbons (Fsp3) is 0.857. The van der Waals surface area contributed by atoms with Crippen LogP contribution in [0.1, 0.15) is 33.1 Å². The smallest absolute Gasteiger partial charge is 0.304 e. The molecule has 1 rings (SSSR count). The topological polar surface area (TPSA) is 70.1 Å². The molecule has 1 N–H and O–H groups in total. The van der Waals surface area contributed by atoms with Gasteiger partial charge in [-0.05, 0) is 26.4 Å². The second kappa shape index (κ2) is 8.92. The lowest BCUT2D eigenvalue weighted by atomic mass is 10.1. The van der Waals surface area contributed by atoms with Crippen molar-refractivity contribution >= 4 is 11.9 Å². The summed E-state index contributed by atoms with van der Waals surface area (Å²) < 4.78 is 5.22. The zero-order chi connectivity index (χ0) is 15.0. The van der Waals surface area contributed by atoms with Gasteiger partial charge in [-0.25, -0.2) is 0 Å². The Morgan fingerprint density at radius 1 is 1.35 bits per heavy atom. The SMILES string of the molecule is CCN(CCCC(=O)N1CCOCC1)C(C)CC(=O)O. The molecule has 1 amide bonds. The summed E-state index contributed by atoms with van der Waals surface area (Å²) >= 11 is 0. The van der Waals surface area contributed by atoms with E-state index in [1.54, 1.807) is 0 Å². The van der Waals surface area contributed by atoms with Crippen LogP contribution in [0.2, 0.25) is 0 Å². The lowest BCUT2D eigenvalue weighted by Gasteiger charge is -2.29. The third-order valence-corrected chi connectivity index (χ3v) is 3.70. The summed E-state index contributed by atoms with van der Waals surface area (Å²) in [7, 11) is 0. The number of amides is 1. The number of morpholine rings is 1. The summed E-state index contributed by atoms with van der Waals surface area (Å²) in [6, 6.07) is 0.0102. The number of ether oxygens (including phenoxy) is 1. The summed E-state index contributed by atoms with van der Waals surface area (Å²) in [6.07, 6.45) is 1.44. The van der Waals surface area contributed by atoms with E-state index in [1.165, 1.54) is 0 Å². The summed E-state index contributed by atoms with van der Waals surface area (Å²) in [4.78, 5) is 26.7. The highest BCUT2D eigenvalue weighted by molar-refractivity contribution is 5.76. The molecule has 6 heteroatoms. The van der Waals surface area contributed by atoms with Crippen molar-refractivity contribution in [3.63, 3.8) is 0 Å². The number of nitrogens with zero attached hydrogens (tertiary/aromatic N) is 2. The number of carboxylic acids is 1. The molecule has 1 aliphatic heterocycles. The highest BCUT2D eigenvalue weighted by atomic mass is 16.5. The Labute approximate surface area is 120 Å². The van der Waals surface area contributed by atoms with E-state index in [0.717, 1.165) is 19.5 Å². The van der Waals surface area contributed by atoms with E-state index in [4.69, 9.17) is 9.84 Å². The van der Waals surface area contributed by atoms with E-state index in [9.17, 15) is 9.59 Å². The van der Waals surface area contributed by atoms with Crippen LogP contribution in [0.15, 0.2) is 0 Å². The molecule has 6 nitrogen and oxygen atoms in total. The standard InChI is InChI=1S/C14H26N2O4/c1-3-15(12(2)11-14(18)19)6-4-5-13(17)16-7-9-20-10-8-16/h12H,3-11H2,1-2H3,(H,18,19). The van der Waals surface area contributed by atoms with Gasteiger partial charge in [0.1, 0.15) is 0 Å². The molecule has 0 radical (unpaired) electrons. The van der Waals surface area contributed by atoms with Gasteiger partial charge in [-0.2, -0.15) is 0 Å². The van der Waals surface area contributed by atoms with E-state index < -0.39 is 5.97 Å². The maximum absolute atomic E-state index is 12.0. The lowest BCUT2D eigenvalue weighted by Crippen LogP contribution is -2.41. The predicted octanol–water partition coefficient (Wildman–Crippen LogP) is 0.810. The predicted molar refractivity (Wildman–Crippen MR) is 75.6 cm³/mol. The Morgan fingerprint density at radius 2 is 2.00 bits per heavy atom. The normalized spacial score (nSPS) is 17.2. The van der Waals surface area contributed by atoms with Crippen LogP contribution in [0.25, 0.3) is 0 Å². The van der Waals surface area contributed by atoms with Crippen molar-refractivity contribution in [1.29, 1.82) is 0 Å². The molecule has 0 aromatic carbocycles. The van der Waals surface area contributed by atoms with Gasteiger partial charge in [0.05, 0.1) is 19.6 Å². The number of hydrogen-bond donors (Lipinski definition) is 1. The van der Waals surface area contributed by atoms with Gasteiger partial charge in [0.25, 0.3) is 0 Å². The zero-order valence-electron chi connectivity index (χ0n) is 12.5. The Bertz CT molecular complexity index is 316. The van der Waals surface area contributed by atoms with Crippen molar-refractivity contribution in [3.05, 3.63) is 0 Å². The molecule has 0 spiro atoms. The molecule has 0 aromatic heterocycles. The first-order chi connectivity index (χ1) is 9.54. The number of carbonyl (C=O) groups is 2. The molecule has 1 saturated heterocycles. The molecular formula is C14H26N2O4. The van der Waals surface area contributed by atoms with Gasteiger partial charge >= 0.3 is 5.97 Å². The Kier molecular flexibility index (Phi) is 7.54. The van der Waals surface area contributed by atoms with E-state index in [0.29, 0.717) is 32.7 Å². The van der Waals surface area contributed by atoms with Crippen LogP contribution in [0.4, 0.5) is 0 Å². The maximum atomic E-state index is 12.0. The molecule has 0 aliphatic carbocycles. The average molecular weight is 286 g/mol. The summed E-state index contributed by atoms with van der Waals surface area (Å²) in [5.74, 6) is -0.601. The van der Waals surface area contributed by atoms with Crippen LogP contribution in [0, 0.1) is 0 Å². The lowest BCUT2D eigenvalue weighted by molar-refractivity contribution is -0.138. The van der Waals surface area contributed by atoms with E-state index in [1.807, 2.05) is 18.7 Å². The minimum Gasteiger partial charge on any atom is -0.481 e. The first-order valence-electron chi connectivity index (χ1n) is 7.36. The highest BCUT2D eigenvalue weighted by Crippen LogP contribution is 2.08. The Morgan fingerprint density at radius 3 is 2.55 bits per heavy atom. The van der Waals surface area contributed by atoms with Crippen molar-refractivity contribution < 1.29 is 19.4 Å². The third kappa shape index (κ3) is 5.88. The largest absolute Gasteiger partial charge is 0.481 e. The van der Waals surface area contributed by atoms with E-state index >= 15 is 0 Å². The molecule has 116 valence electrons. The first kappa shape index (κ1) is 16.9. The quantitative estimate of drug-likeness (QED) is 0.715. The van der Waals surface area contributed by atoms with Gasteiger partial charge in [0, 0.05) is 25.6 Å². The molecule has 0 saturated carbocycles. The van der Waals surface area contributed by atoms with Crippen LogP contribution >= 0.6 is 0 Å². The Hall–Kier alpha value is -1.14. The zero-order valence-corrected chi connectivity index (χ0v) is 12.5. The van der Waals surface area contributed by atoms with Gasteiger partial charge in [0.2, 0.25) is 5.91 Å². The van der Waals surface area contributed by atoms with Crippen LogP contribution in [-0.2, 0) is 14.3 Å². The molecule has 1 atom stereocenters. The number of aliphatic carboxylic acids is 1. The van der Waals surface area contributed by atoms with Gasteiger partial charge < -0.3 is 19.6 Å². The first-order valence-corrected chi connectivity index (χ1v) is 7.36. The fourth-order valence-corrected chi connectivity index (χ4v) is 2.48.